The van der Waals surface area contributed by atoms with Gasteiger partial charge < -0.3 is 10.2 Å². The number of pyridine rings is 1. The fourth-order valence-electron chi connectivity index (χ4n) is 4.62. The third kappa shape index (κ3) is 3.38. The molecule has 0 radical (unpaired) electrons. The number of nitrogens with zero attached hydrogens (tertiary/aromatic N) is 2. The average Bonchev–Trinajstić information content (AvgIpc) is 3.15. The van der Waals surface area contributed by atoms with Gasteiger partial charge in [-0.05, 0) is 60.6 Å². The highest BCUT2D eigenvalue weighted by molar-refractivity contribution is 5.92. The van der Waals surface area contributed by atoms with Gasteiger partial charge in [-0.3, -0.25) is 4.79 Å². The second-order valence-corrected chi connectivity index (χ2v) is 9.42. The maximum atomic E-state index is 13.6. The number of halogens is 1. The molecule has 2 unspecified atom stereocenters. The zero-order chi connectivity index (χ0) is 20.2. The zero-order valence-electron chi connectivity index (χ0n) is 17.3. The maximum Gasteiger partial charge on any atom is 0.224 e. The normalized spacial score (nSPS) is 20.4. The Hall–Kier alpha value is -2.43. The summed E-state index contributed by atoms with van der Waals surface area (Å²) < 4.78 is 13.6. The Morgan fingerprint density at radius 2 is 2.00 bits per heavy atom. The fourth-order valence-corrected chi connectivity index (χ4v) is 4.62. The molecule has 0 spiro atoms. The van der Waals surface area contributed by atoms with Crippen LogP contribution in [-0.4, -0.2) is 17.4 Å². The predicted octanol–water partition coefficient (Wildman–Crippen LogP) is 5.26. The van der Waals surface area contributed by atoms with E-state index in [4.69, 9.17) is 4.98 Å². The van der Waals surface area contributed by atoms with Crippen molar-refractivity contribution in [2.75, 3.05) is 16.8 Å². The van der Waals surface area contributed by atoms with Crippen LogP contribution < -0.4 is 10.2 Å². The largest absolute Gasteiger partial charge is 0.349 e. The van der Waals surface area contributed by atoms with Gasteiger partial charge in [0, 0.05) is 18.9 Å². The van der Waals surface area contributed by atoms with Crippen LogP contribution in [0.4, 0.5) is 15.9 Å². The van der Waals surface area contributed by atoms with Gasteiger partial charge in [0.1, 0.15) is 11.6 Å². The Morgan fingerprint density at radius 3 is 2.68 bits per heavy atom. The number of carbonyl (C=O) groups excluding carboxylic acids is 1. The molecule has 2 atom stereocenters. The molecule has 2 aliphatic rings. The number of rotatable bonds is 3. The number of hydrogen-bond acceptors (Lipinski definition) is 3. The van der Waals surface area contributed by atoms with Gasteiger partial charge in [0.2, 0.25) is 5.91 Å². The van der Waals surface area contributed by atoms with Crippen molar-refractivity contribution in [1.82, 2.24) is 4.98 Å². The molecule has 1 aliphatic heterocycles. The molecule has 4 nitrogen and oxygen atoms in total. The van der Waals surface area contributed by atoms with Crippen molar-refractivity contribution in [3.63, 3.8) is 0 Å². The third-order valence-corrected chi connectivity index (χ3v) is 5.78. The smallest absolute Gasteiger partial charge is 0.224 e. The summed E-state index contributed by atoms with van der Waals surface area (Å²) in [5.74, 6) is 1.16. The number of nitrogens with one attached hydrogen (secondary N) is 1. The van der Waals surface area contributed by atoms with E-state index in [2.05, 4.69) is 37.1 Å². The highest BCUT2D eigenvalue weighted by Gasteiger charge is 2.43. The van der Waals surface area contributed by atoms with E-state index in [0.717, 1.165) is 41.3 Å². The van der Waals surface area contributed by atoms with E-state index in [1.54, 1.807) is 12.1 Å². The first kappa shape index (κ1) is 18.9. The minimum absolute atomic E-state index is 0.0180. The summed E-state index contributed by atoms with van der Waals surface area (Å²) >= 11 is 0. The second-order valence-electron chi connectivity index (χ2n) is 9.42. The average molecular weight is 381 g/mol. The molecule has 4 rings (SSSR count). The van der Waals surface area contributed by atoms with Gasteiger partial charge >= 0.3 is 0 Å². The van der Waals surface area contributed by atoms with Crippen LogP contribution in [0.15, 0.2) is 24.3 Å². The van der Waals surface area contributed by atoms with Gasteiger partial charge in [0.25, 0.3) is 0 Å². The van der Waals surface area contributed by atoms with E-state index in [9.17, 15) is 9.18 Å². The lowest BCUT2D eigenvalue weighted by molar-refractivity contribution is -0.117. The summed E-state index contributed by atoms with van der Waals surface area (Å²) in [6.07, 6.45) is 1.49. The Balaban J connectivity index is 1.58. The molecule has 2 aromatic rings. The van der Waals surface area contributed by atoms with Crippen molar-refractivity contribution >= 4 is 17.4 Å². The monoisotopic (exact) mass is 381 g/mol. The van der Waals surface area contributed by atoms with Crippen LogP contribution in [0.25, 0.3) is 0 Å². The molecule has 1 fully saturated rings. The van der Waals surface area contributed by atoms with Crippen LogP contribution in [0.2, 0.25) is 0 Å². The highest BCUT2D eigenvalue weighted by atomic mass is 19.1. The summed E-state index contributed by atoms with van der Waals surface area (Å²) in [6.45, 7) is 11.0. The molecule has 1 aromatic heterocycles. The minimum atomic E-state index is -0.155. The Kier molecular flexibility index (Phi) is 4.44. The molecular weight excluding hydrogens is 353 g/mol. The molecule has 2 heterocycles. The molecule has 5 heteroatoms. The van der Waals surface area contributed by atoms with Crippen molar-refractivity contribution in [2.24, 2.45) is 5.41 Å². The summed E-state index contributed by atoms with van der Waals surface area (Å²) in [7, 11) is 0. The molecular formula is C23H28FN3O. The zero-order valence-corrected chi connectivity index (χ0v) is 17.3. The molecule has 148 valence electrons. The number of aromatic nitrogens is 1. The topological polar surface area (TPSA) is 45.2 Å². The fraction of sp³-hybridized carbons (Fsp3) is 0.478. The molecule has 1 amide bonds. The Labute approximate surface area is 166 Å². The van der Waals surface area contributed by atoms with E-state index in [0.29, 0.717) is 12.3 Å². The lowest BCUT2D eigenvalue weighted by atomic mass is 9.92. The lowest BCUT2D eigenvalue weighted by Crippen LogP contribution is -2.28. The van der Waals surface area contributed by atoms with Crippen molar-refractivity contribution < 1.29 is 9.18 Å². The SMILES string of the molecule is Cc1cc(N2CC3CC2c2ccc(F)cc23)nc(C)c1NC(=O)CC(C)(C)C. The summed E-state index contributed by atoms with van der Waals surface area (Å²) in [6, 6.07) is 7.48. The van der Waals surface area contributed by atoms with Crippen LogP contribution in [-0.2, 0) is 4.79 Å². The van der Waals surface area contributed by atoms with E-state index in [-0.39, 0.29) is 23.2 Å². The standard InChI is InChI=1S/C23H28FN3O/c1-13-8-20(25-14(2)22(13)26-21(28)11-23(3,4)5)27-12-15-9-19(27)17-7-6-16(24)10-18(15)17/h6-8,10,15,19H,9,11-12H2,1-5H3,(H,26,28). The molecule has 2 bridgehead atoms. The number of aryl methyl sites for hydroxylation is 2. The molecule has 1 saturated heterocycles. The lowest BCUT2D eigenvalue weighted by Gasteiger charge is -2.31. The molecule has 28 heavy (non-hydrogen) atoms. The summed E-state index contributed by atoms with van der Waals surface area (Å²) in [5.41, 5.74) is 4.98. The van der Waals surface area contributed by atoms with Gasteiger partial charge in [0.05, 0.1) is 17.4 Å². The van der Waals surface area contributed by atoms with Crippen LogP contribution in [0.1, 0.15) is 68.0 Å². The van der Waals surface area contributed by atoms with E-state index >= 15 is 0 Å². The van der Waals surface area contributed by atoms with E-state index < -0.39 is 0 Å². The van der Waals surface area contributed by atoms with Crippen molar-refractivity contribution in [3.8, 4) is 0 Å². The van der Waals surface area contributed by atoms with Crippen molar-refractivity contribution in [2.45, 2.75) is 59.4 Å². The first-order valence-electron chi connectivity index (χ1n) is 9.96. The Morgan fingerprint density at radius 1 is 1.25 bits per heavy atom. The van der Waals surface area contributed by atoms with Gasteiger partial charge in [-0.25, -0.2) is 9.37 Å². The van der Waals surface area contributed by atoms with Crippen LogP contribution in [0.5, 0.6) is 0 Å². The van der Waals surface area contributed by atoms with Gasteiger partial charge in [-0.1, -0.05) is 26.8 Å². The van der Waals surface area contributed by atoms with Gasteiger partial charge in [-0.2, -0.15) is 0 Å². The van der Waals surface area contributed by atoms with Gasteiger partial charge in [-0.15, -0.1) is 0 Å². The van der Waals surface area contributed by atoms with Crippen LogP contribution in [0.3, 0.4) is 0 Å². The third-order valence-electron chi connectivity index (χ3n) is 5.78. The predicted molar refractivity (Wildman–Crippen MR) is 110 cm³/mol. The number of anilines is 2. The Bertz CT molecular complexity index is 924. The maximum absolute atomic E-state index is 13.6. The highest BCUT2D eigenvalue weighted by Crippen LogP contribution is 2.51. The second kappa shape index (κ2) is 6.57. The minimum Gasteiger partial charge on any atom is -0.349 e. The van der Waals surface area contributed by atoms with E-state index in [1.165, 1.54) is 5.56 Å². The molecule has 1 aliphatic carbocycles. The summed E-state index contributed by atoms with van der Waals surface area (Å²) in [4.78, 5) is 19.5. The molecule has 1 N–H and O–H groups in total. The number of benzene rings is 1. The molecule has 0 saturated carbocycles. The van der Waals surface area contributed by atoms with Crippen LogP contribution >= 0.6 is 0 Å². The number of carbonyl (C=O) groups is 1. The number of amides is 1. The number of fused-ring (bicyclic) bond motifs is 5. The molecule has 1 aromatic carbocycles. The number of hydrogen-bond donors (Lipinski definition) is 1. The van der Waals surface area contributed by atoms with E-state index in [1.807, 2.05) is 19.9 Å². The van der Waals surface area contributed by atoms with Crippen LogP contribution in [0, 0.1) is 25.1 Å². The quantitative estimate of drug-likeness (QED) is 0.789. The first-order valence-corrected chi connectivity index (χ1v) is 9.96. The van der Waals surface area contributed by atoms with Crippen molar-refractivity contribution in [3.05, 3.63) is 52.5 Å². The first-order chi connectivity index (χ1) is 13.1. The van der Waals surface area contributed by atoms with Gasteiger partial charge in [0.15, 0.2) is 0 Å². The van der Waals surface area contributed by atoms with Crippen molar-refractivity contribution in [1.29, 1.82) is 0 Å². The summed E-state index contributed by atoms with van der Waals surface area (Å²) in [5, 5.41) is 3.05.